The van der Waals surface area contributed by atoms with Crippen molar-refractivity contribution < 1.29 is 23.9 Å². The van der Waals surface area contributed by atoms with Crippen LogP contribution in [0.5, 0.6) is 0 Å². The van der Waals surface area contributed by atoms with Crippen LogP contribution in [0.3, 0.4) is 0 Å². The van der Waals surface area contributed by atoms with E-state index in [2.05, 4.69) is 44.8 Å². The van der Waals surface area contributed by atoms with Gasteiger partial charge in [-0.2, -0.15) is 0 Å². The molecule has 0 unspecified atom stereocenters. The highest BCUT2D eigenvalue weighted by Crippen LogP contribution is 2.33. The summed E-state index contributed by atoms with van der Waals surface area (Å²) < 4.78 is 10.8. The van der Waals surface area contributed by atoms with Crippen molar-refractivity contribution in [3.63, 3.8) is 0 Å². The Hall–Kier alpha value is -3.75. The van der Waals surface area contributed by atoms with Crippen molar-refractivity contribution in [1.29, 1.82) is 0 Å². The number of nitrogens with one attached hydrogen (secondary N) is 3. The van der Waals surface area contributed by atoms with E-state index < -0.39 is 0 Å². The summed E-state index contributed by atoms with van der Waals surface area (Å²) >= 11 is 0. The smallest absolute Gasteiger partial charge is 0.251 e. The van der Waals surface area contributed by atoms with Crippen molar-refractivity contribution in [1.82, 2.24) is 25.8 Å². The molecular formula is C34H41N5O5. The molecular weight excluding hydrogens is 558 g/mol. The van der Waals surface area contributed by atoms with Crippen LogP contribution in [0.25, 0.3) is 0 Å². The number of likely N-dealkylation sites (tertiary alicyclic amines) is 1. The summed E-state index contributed by atoms with van der Waals surface area (Å²) in [6.07, 6.45) is 2.41. The van der Waals surface area contributed by atoms with Crippen molar-refractivity contribution in [3.05, 3.63) is 70.8 Å². The van der Waals surface area contributed by atoms with E-state index in [1.807, 2.05) is 29.2 Å². The van der Waals surface area contributed by atoms with E-state index in [-0.39, 0.29) is 41.8 Å². The lowest BCUT2D eigenvalue weighted by atomic mass is 10.1. The third kappa shape index (κ3) is 8.04. The molecule has 3 N–H and O–H groups in total. The maximum Gasteiger partial charge on any atom is 0.251 e. The average Bonchev–Trinajstić information content (AvgIpc) is 3.84. The van der Waals surface area contributed by atoms with Crippen LogP contribution in [0.15, 0.2) is 48.5 Å². The van der Waals surface area contributed by atoms with Crippen molar-refractivity contribution in [3.8, 4) is 11.8 Å². The Morgan fingerprint density at radius 3 is 2.27 bits per heavy atom. The van der Waals surface area contributed by atoms with Gasteiger partial charge in [0.05, 0.1) is 32.5 Å². The van der Waals surface area contributed by atoms with Gasteiger partial charge in [0, 0.05) is 67.9 Å². The third-order valence-electron chi connectivity index (χ3n) is 8.67. The van der Waals surface area contributed by atoms with E-state index in [1.165, 1.54) is 5.56 Å². The fourth-order valence-corrected chi connectivity index (χ4v) is 5.96. The minimum Gasteiger partial charge on any atom is -0.379 e. The molecule has 1 aliphatic carbocycles. The standard InChI is InChI=1S/C34H41N5O5/c40-32(27-9-7-25(8-10-27)2-1-24-3-5-26(6-4-24)21-38-14-17-43-18-15-38)36-20-30-19-29(22-39(30)34(42)28-11-12-28)37-33(41)31-23-44-16-13-35-31/h3-10,28-31,35H,11-23H2,(H,36,40)(H,37,41)/t29-,30-,31+/m1/s1. The predicted molar refractivity (Wildman–Crippen MR) is 165 cm³/mol. The molecule has 0 spiro atoms. The summed E-state index contributed by atoms with van der Waals surface area (Å²) in [4.78, 5) is 43.0. The molecule has 1 saturated carbocycles. The Balaban J connectivity index is 1.00. The van der Waals surface area contributed by atoms with Gasteiger partial charge in [0.25, 0.3) is 5.91 Å². The SMILES string of the molecule is O=C(NC[C@H]1C[C@@H](NC(=O)[C@@H]2COCCN2)CN1C(=O)C1CC1)c1ccc(C#Cc2ccc(CN3CCOCC3)cc2)cc1. The summed E-state index contributed by atoms with van der Waals surface area (Å²) in [6.45, 7) is 6.80. The molecule has 3 amide bonds. The van der Waals surface area contributed by atoms with Gasteiger partial charge in [-0.05, 0) is 61.2 Å². The fourth-order valence-electron chi connectivity index (χ4n) is 5.96. The van der Waals surface area contributed by atoms with Crippen molar-refractivity contribution in [2.24, 2.45) is 5.92 Å². The molecule has 0 aromatic heterocycles. The highest BCUT2D eigenvalue weighted by molar-refractivity contribution is 5.94. The molecule has 4 aliphatic rings. The zero-order valence-electron chi connectivity index (χ0n) is 25.1. The first-order valence-corrected chi connectivity index (χ1v) is 15.7. The lowest BCUT2D eigenvalue weighted by Crippen LogP contribution is -2.53. The zero-order chi connectivity index (χ0) is 30.3. The number of carbonyl (C=O) groups excluding carboxylic acids is 3. The van der Waals surface area contributed by atoms with Crippen LogP contribution in [0.1, 0.15) is 46.3 Å². The van der Waals surface area contributed by atoms with Gasteiger partial charge < -0.3 is 30.3 Å². The van der Waals surface area contributed by atoms with Crippen LogP contribution in [-0.2, 0) is 25.6 Å². The second-order valence-electron chi connectivity index (χ2n) is 12.1. The molecule has 2 aromatic carbocycles. The van der Waals surface area contributed by atoms with Gasteiger partial charge in [-0.1, -0.05) is 24.0 Å². The van der Waals surface area contributed by atoms with E-state index in [0.29, 0.717) is 44.8 Å². The summed E-state index contributed by atoms with van der Waals surface area (Å²) in [5.41, 5.74) is 3.57. The van der Waals surface area contributed by atoms with Gasteiger partial charge in [0.1, 0.15) is 6.04 Å². The molecule has 10 heteroatoms. The maximum absolute atomic E-state index is 13.0. The molecule has 0 radical (unpaired) electrons. The van der Waals surface area contributed by atoms with Gasteiger partial charge in [-0.15, -0.1) is 0 Å². The Morgan fingerprint density at radius 2 is 1.61 bits per heavy atom. The molecule has 6 rings (SSSR count). The second kappa shape index (κ2) is 14.4. The van der Waals surface area contributed by atoms with Crippen LogP contribution >= 0.6 is 0 Å². The summed E-state index contributed by atoms with van der Waals surface area (Å²) in [6, 6.07) is 14.9. The number of rotatable bonds is 8. The second-order valence-corrected chi connectivity index (χ2v) is 12.1. The number of hydrogen-bond donors (Lipinski definition) is 3. The van der Waals surface area contributed by atoms with Crippen LogP contribution in [0.2, 0.25) is 0 Å². The van der Waals surface area contributed by atoms with Crippen molar-refractivity contribution in [2.45, 2.75) is 43.9 Å². The Labute approximate surface area is 258 Å². The maximum atomic E-state index is 13.0. The highest BCUT2D eigenvalue weighted by Gasteiger charge is 2.42. The number of benzene rings is 2. The Bertz CT molecular complexity index is 1370. The quantitative estimate of drug-likeness (QED) is 0.390. The van der Waals surface area contributed by atoms with E-state index in [1.54, 1.807) is 12.1 Å². The summed E-state index contributed by atoms with van der Waals surface area (Å²) in [7, 11) is 0. The number of morpholine rings is 2. The molecule has 4 fully saturated rings. The number of amides is 3. The van der Waals surface area contributed by atoms with E-state index in [4.69, 9.17) is 9.47 Å². The monoisotopic (exact) mass is 599 g/mol. The van der Waals surface area contributed by atoms with Gasteiger partial charge in [0.15, 0.2) is 0 Å². The van der Waals surface area contributed by atoms with E-state index in [9.17, 15) is 14.4 Å². The Kier molecular flexibility index (Phi) is 9.88. The van der Waals surface area contributed by atoms with Crippen LogP contribution in [-0.4, -0.2) is 105 Å². The molecule has 0 bridgehead atoms. The molecule has 2 aromatic rings. The lowest BCUT2D eigenvalue weighted by Gasteiger charge is -2.26. The summed E-state index contributed by atoms with van der Waals surface area (Å²) in [5.74, 6) is 6.27. The number of carbonyl (C=O) groups is 3. The first-order valence-electron chi connectivity index (χ1n) is 15.7. The van der Waals surface area contributed by atoms with Gasteiger partial charge in [0.2, 0.25) is 11.8 Å². The number of hydrogen-bond acceptors (Lipinski definition) is 7. The van der Waals surface area contributed by atoms with Gasteiger partial charge in [-0.3, -0.25) is 19.3 Å². The third-order valence-corrected chi connectivity index (χ3v) is 8.67. The number of nitrogens with zero attached hydrogens (tertiary/aromatic N) is 2. The summed E-state index contributed by atoms with van der Waals surface area (Å²) in [5, 5.41) is 9.27. The highest BCUT2D eigenvalue weighted by atomic mass is 16.5. The molecule has 3 aliphatic heterocycles. The number of ether oxygens (including phenoxy) is 2. The van der Waals surface area contributed by atoms with Crippen molar-refractivity contribution >= 4 is 17.7 Å². The molecule has 3 heterocycles. The van der Waals surface area contributed by atoms with E-state index in [0.717, 1.165) is 56.8 Å². The topological polar surface area (TPSA) is 112 Å². The van der Waals surface area contributed by atoms with Crippen LogP contribution in [0.4, 0.5) is 0 Å². The minimum atomic E-state index is -0.381. The molecule has 3 atom stereocenters. The molecule has 44 heavy (non-hydrogen) atoms. The molecule has 232 valence electrons. The Morgan fingerprint density at radius 1 is 0.909 bits per heavy atom. The first-order chi connectivity index (χ1) is 21.5. The average molecular weight is 600 g/mol. The first kappa shape index (κ1) is 30.3. The fraction of sp³-hybridized carbons (Fsp3) is 0.500. The zero-order valence-corrected chi connectivity index (χ0v) is 25.1. The van der Waals surface area contributed by atoms with E-state index >= 15 is 0 Å². The van der Waals surface area contributed by atoms with Crippen LogP contribution < -0.4 is 16.0 Å². The minimum absolute atomic E-state index is 0.0674. The van der Waals surface area contributed by atoms with Crippen LogP contribution in [0, 0.1) is 17.8 Å². The largest absolute Gasteiger partial charge is 0.379 e. The molecule has 10 nitrogen and oxygen atoms in total. The normalized spacial score (nSPS) is 23.8. The van der Waals surface area contributed by atoms with Gasteiger partial charge >= 0.3 is 0 Å². The molecule has 3 saturated heterocycles. The van der Waals surface area contributed by atoms with Gasteiger partial charge in [-0.25, -0.2) is 0 Å². The van der Waals surface area contributed by atoms with Crippen molar-refractivity contribution in [2.75, 3.05) is 59.2 Å². The lowest BCUT2D eigenvalue weighted by molar-refractivity contribution is -0.133. The predicted octanol–water partition coefficient (Wildman–Crippen LogP) is 1.13.